The Labute approximate surface area is 110 Å². The number of hydrogen-bond acceptors (Lipinski definition) is 2. The fourth-order valence-corrected chi connectivity index (χ4v) is 2.81. The fourth-order valence-electron chi connectivity index (χ4n) is 2.13. The molecule has 0 aromatic heterocycles. The van der Waals surface area contributed by atoms with E-state index in [1.54, 1.807) is 4.90 Å². The third-order valence-electron chi connectivity index (χ3n) is 3.14. The minimum absolute atomic E-state index is 0.130. The molecule has 1 N–H and O–H groups in total. The van der Waals surface area contributed by atoms with Crippen molar-refractivity contribution in [1.82, 2.24) is 0 Å². The van der Waals surface area contributed by atoms with Crippen molar-refractivity contribution in [2.24, 2.45) is 5.92 Å². The lowest BCUT2D eigenvalue weighted by Gasteiger charge is -2.35. The van der Waals surface area contributed by atoms with Gasteiger partial charge in [-0.25, -0.2) is 0 Å². The van der Waals surface area contributed by atoms with E-state index in [9.17, 15) is 4.79 Å². The van der Waals surface area contributed by atoms with Crippen LogP contribution in [-0.4, -0.2) is 19.0 Å². The van der Waals surface area contributed by atoms with Gasteiger partial charge in [-0.1, -0.05) is 13.8 Å². The Bertz CT molecular complexity index is 471. The maximum Gasteiger partial charge on any atom is 0.249 e. The number of fused-ring (bicyclic) bond motifs is 1. The van der Waals surface area contributed by atoms with Crippen molar-refractivity contribution in [1.29, 1.82) is 0 Å². The van der Waals surface area contributed by atoms with Crippen LogP contribution in [0.5, 0.6) is 0 Å². The van der Waals surface area contributed by atoms with Gasteiger partial charge < -0.3 is 10.2 Å². The first-order chi connectivity index (χ1) is 7.91. The quantitative estimate of drug-likeness (QED) is 0.863. The standard InChI is InChI=1S/C13H17BrN2O/c1-7(2)11-13(17)16(4)10-6-8(3)5-9(14)12(10)15-11/h5-7,11,15H,1-4H3. The van der Waals surface area contributed by atoms with E-state index in [0.717, 1.165) is 21.4 Å². The lowest BCUT2D eigenvalue weighted by atomic mass is 9.99. The molecular formula is C13H17BrN2O. The molecule has 1 aromatic carbocycles. The van der Waals surface area contributed by atoms with Gasteiger partial charge in [-0.3, -0.25) is 4.79 Å². The maximum atomic E-state index is 12.2. The zero-order chi connectivity index (χ0) is 12.7. The van der Waals surface area contributed by atoms with E-state index in [1.807, 2.05) is 20.0 Å². The van der Waals surface area contributed by atoms with Crippen molar-refractivity contribution in [3.8, 4) is 0 Å². The first-order valence-electron chi connectivity index (χ1n) is 5.76. The molecule has 0 radical (unpaired) electrons. The van der Waals surface area contributed by atoms with Gasteiger partial charge in [0, 0.05) is 11.5 Å². The summed E-state index contributed by atoms with van der Waals surface area (Å²) in [6.45, 7) is 6.13. The van der Waals surface area contributed by atoms with Crippen LogP contribution in [0, 0.1) is 12.8 Å². The molecule has 1 aliphatic heterocycles. The zero-order valence-electron chi connectivity index (χ0n) is 10.5. The molecule has 1 amide bonds. The maximum absolute atomic E-state index is 12.2. The first kappa shape index (κ1) is 12.4. The third-order valence-corrected chi connectivity index (χ3v) is 3.76. The molecule has 0 saturated heterocycles. The third kappa shape index (κ3) is 2.06. The summed E-state index contributed by atoms with van der Waals surface area (Å²) in [5.41, 5.74) is 3.09. The average molecular weight is 297 g/mol. The van der Waals surface area contributed by atoms with Crippen LogP contribution in [-0.2, 0) is 4.79 Å². The summed E-state index contributed by atoms with van der Waals surface area (Å²) >= 11 is 3.56. The summed E-state index contributed by atoms with van der Waals surface area (Å²) in [5.74, 6) is 0.399. The van der Waals surface area contributed by atoms with Crippen molar-refractivity contribution >= 4 is 33.2 Å². The predicted molar refractivity (Wildman–Crippen MR) is 74.5 cm³/mol. The van der Waals surface area contributed by atoms with Crippen molar-refractivity contribution in [2.75, 3.05) is 17.3 Å². The second kappa shape index (κ2) is 4.33. The highest BCUT2D eigenvalue weighted by molar-refractivity contribution is 9.10. The largest absolute Gasteiger partial charge is 0.371 e. The summed E-state index contributed by atoms with van der Waals surface area (Å²) < 4.78 is 1.01. The number of halogens is 1. The fraction of sp³-hybridized carbons (Fsp3) is 0.462. The molecule has 1 aromatic rings. The molecule has 92 valence electrons. The number of rotatable bonds is 1. The lowest BCUT2D eigenvalue weighted by Crippen LogP contribution is -2.48. The summed E-state index contributed by atoms with van der Waals surface area (Å²) in [5, 5.41) is 3.33. The molecule has 0 spiro atoms. The molecule has 0 fully saturated rings. The molecule has 1 unspecified atom stereocenters. The van der Waals surface area contributed by atoms with Crippen molar-refractivity contribution in [3.05, 3.63) is 22.2 Å². The molecule has 17 heavy (non-hydrogen) atoms. The number of aryl methyl sites for hydroxylation is 1. The number of nitrogens with zero attached hydrogens (tertiary/aromatic N) is 1. The Morgan fingerprint density at radius 2 is 2.06 bits per heavy atom. The Kier molecular flexibility index (Phi) is 3.17. The van der Waals surface area contributed by atoms with Crippen molar-refractivity contribution < 1.29 is 4.79 Å². The normalized spacial score (nSPS) is 19.3. The highest BCUT2D eigenvalue weighted by Gasteiger charge is 2.33. The minimum Gasteiger partial charge on any atom is -0.371 e. The molecule has 3 nitrogen and oxygen atoms in total. The van der Waals surface area contributed by atoms with Crippen LogP contribution in [0.3, 0.4) is 0 Å². The van der Waals surface area contributed by atoms with Crippen LogP contribution in [0.2, 0.25) is 0 Å². The van der Waals surface area contributed by atoms with E-state index in [1.165, 1.54) is 0 Å². The number of benzene rings is 1. The molecule has 1 heterocycles. The Morgan fingerprint density at radius 3 is 2.65 bits per heavy atom. The van der Waals surface area contributed by atoms with E-state index >= 15 is 0 Å². The lowest BCUT2D eigenvalue weighted by molar-refractivity contribution is -0.120. The predicted octanol–water partition coefficient (Wildman–Crippen LogP) is 3.17. The smallest absolute Gasteiger partial charge is 0.249 e. The number of carbonyl (C=O) groups is 1. The second-order valence-electron chi connectivity index (χ2n) is 4.90. The summed E-state index contributed by atoms with van der Waals surface area (Å²) in [6, 6.07) is 3.94. The number of likely N-dealkylation sites (N-methyl/N-ethyl adjacent to an activating group) is 1. The van der Waals surface area contributed by atoms with Gasteiger partial charge in [-0.15, -0.1) is 0 Å². The summed E-state index contributed by atoms with van der Waals surface area (Å²) in [4.78, 5) is 13.9. The van der Waals surface area contributed by atoms with Crippen LogP contribution < -0.4 is 10.2 Å². The van der Waals surface area contributed by atoms with Gasteiger partial charge in [-0.05, 0) is 46.5 Å². The van der Waals surface area contributed by atoms with E-state index in [2.05, 4.69) is 41.2 Å². The van der Waals surface area contributed by atoms with Crippen LogP contribution >= 0.6 is 15.9 Å². The molecule has 2 rings (SSSR count). The van der Waals surface area contributed by atoms with Crippen LogP contribution in [0.25, 0.3) is 0 Å². The molecule has 0 saturated carbocycles. The van der Waals surface area contributed by atoms with E-state index < -0.39 is 0 Å². The summed E-state index contributed by atoms with van der Waals surface area (Å²) in [7, 11) is 1.84. The molecule has 1 atom stereocenters. The van der Waals surface area contributed by atoms with Gasteiger partial charge in [-0.2, -0.15) is 0 Å². The van der Waals surface area contributed by atoms with Gasteiger partial charge in [0.15, 0.2) is 0 Å². The van der Waals surface area contributed by atoms with Gasteiger partial charge in [0.2, 0.25) is 5.91 Å². The van der Waals surface area contributed by atoms with Gasteiger partial charge in [0.05, 0.1) is 11.4 Å². The first-order valence-corrected chi connectivity index (χ1v) is 6.55. The topological polar surface area (TPSA) is 32.3 Å². The molecule has 4 heteroatoms. The highest BCUT2D eigenvalue weighted by Crippen LogP contribution is 2.38. The summed E-state index contributed by atoms with van der Waals surface area (Å²) in [6.07, 6.45) is 0. The zero-order valence-corrected chi connectivity index (χ0v) is 12.1. The van der Waals surface area contributed by atoms with Gasteiger partial charge >= 0.3 is 0 Å². The van der Waals surface area contributed by atoms with Crippen LogP contribution in [0.1, 0.15) is 19.4 Å². The second-order valence-corrected chi connectivity index (χ2v) is 5.76. The molecule has 1 aliphatic rings. The minimum atomic E-state index is -0.147. The number of anilines is 2. The van der Waals surface area contributed by atoms with E-state index in [0.29, 0.717) is 0 Å². The SMILES string of the molecule is Cc1cc(Br)c2c(c1)N(C)C(=O)C(C(C)C)N2. The van der Waals surface area contributed by atoms with E-state index in [-0.39, 0.29) is 17.9 Å². The number of nitrogens with one attached hydrogen (secondary N) is 1. The van der Waals surface area contributed by atoms with Crippen LogP contribution in [0.15, 0.2) is 16.6 Å². The average Bonchev–Trinajstić information content (AvgIpc) is 2.23. The van der Waals surface area contributed by atoms with Crippen LogP contribution in [0.4, 0.5) is 11.4 Å². The Morgan fingerprint density at radius 1 is 1.41 bits per heavy atom. The molecule has 0 aliphatic carbocycles. The Hall–Kier alpha value is -1.03. The molecule has 0 bridgehead atoms. The van der Waals surface area contributed by atoms with Crippen molar-refractivity contribution in [3.63, 3.8) is 0 Å². The highest BCUT2D eigenvalue weighted by atomic mass is 79.9. The van der Waals surface area contributed by atoms with E-state index in [4.69, 9.17) is 0 Å². The Balaban J connectivity index is 2.53. The monoisotopic (exact) mass is 296 g/mol. The number of hydrogen-bond donors (Lipinski definition) is 1. The molecular weight excluding hydrogens is 280 g/mol. The van der Waals surface area contributed by atoms with Gasteiger partial charge in [0.1, 0.15) is 6.04 Å². The number of amides is 1. The van der Waals surface area contributed by atoms with Gasteiger partial charge in [0.25, 0.3) is 0 Å². The van der Waals surface area contributed by atoms with Crippen molar-refractivity contribution in [2.45, 2.75) is 26.8 Å². The number of carbonyl (C=O) groups excluding carboxylic acids is 1.